The standard InChI is InChI=1S/C22H20F3N5O4/c1-34-18-8-15-11(10-30(28-15)17-7-13-5-12(17)9-29(13)21(32)33)6-16(18)27-20(31)14-3-2-4-19(26-14)22(23,24)25/h2-4,6,8,10,12-13,17H,5,7,9H2,1H3,(H,27,31)(H,32,33)/p-1/t12-,13-,17+/m0/s1. The molecule has 2 aromatic heterocycles. The second-order valence-electron chi connectivity index (χ2n) is 8.45. The van der Waals surface area contributed by atoms with E-state index >= 15 is 0 Å². The molecule has 2 aliphatic rings. The van der Waals surface area contributed by atoms with E-state index in [-0.39, 0.29) is 35.1 Å². The SMILES string of the molecule is COc1cc2nn([C@@H]3C[C@@H]4C[C@H]3CN4C(=O)[O-])cc2cc1NC(=O)c1cccc(C(F)(F)F)n1. The molecule has 9 nitrogen and oxygen atoms in total. The summed E-state index contributed by atoms with van der Waals surface area (Å²) in [7, 11) is 1.40. The third-order valence-corrected chi connectivity index (χ3v) is 6.44. The van der Waals surface area contributed by atoms with Gasteiger partial charge in [0.15, 0.2) is 0 Å². The molecule has 5 rings (SSSR count). The second kappa shape index (κ2) is 7.89. The third-order valence-electron chi connectivity index (χ3n) is 6.44. The number of piperidine rings is 1. The number of anilines is 1. The fraction of sp³-hybridized carbons (Fsp3) is 0.364. The highest BCUT2D eigenvalue weighted by molar-refractivity contribution is 6.05. The van der Waals surface area contributed by atoms with Gasteiger partial charge in [-0.2, -0.15) is 18.3 Å². The first-order chi connectivity index (χ1) is 16.1. The molecule has 1 aliphatic carbocycles. The van der Waals surface area contributed by atoms with Crippen LogP contribution >= 0.6 is 0 Å². The molecule has 0 spiro atoms. The summed E-state index contributed by atoms with van der Waals surface area (Å²) in [5, 5.41) is 19.1. The van der Waals surface area contributed by atoms with Gasteiger partial charge in [-0.15, -0.1) is 0 Å². The van der Waals surface area contributed by atoms with Gasteiger partial charge in [0.05, 0.1) is 24.4 Å². The highest BCUT2D eigenvalue weighted by Crippen LogP contribution is 2.45. The molecule has 1 saturated heterocycles. The van der Waals surface area contributed by atoms with Crippen molar-refractivity contribution in [2.45, 2.75) is 31.1 Å². The van der Waals surface area contributed by atoms with E-state index in [1.165, 1.54) is 18.1 Å². The number of hydrogen-bond donors (Lipinski definition) is 1. The van der Waals surface area contributed by atoms with Crippen LogP contribution in [0.3, 0.4) is 0 Å². The van der Waals surface area contributed by atoms with Crippen molar-refractivity contribution in [3.05, 3.63) is 47.9 Å². The van der Waals surface area contributed by atoms with Crippen molar-refractivity contribution in [1.82, 2.24) is 19.7 Å². The number of carbonyl (C=O) groups is 2. The largest absolute Gasteiger partial charge is 0.530 e. The van der Waals surface area contributed by atoms with Crippen LogP contribution in [-0.4, -0.2) is 51.4 Å². The number of carboxylic acid groups (broad SMARTS) is 1. The molecule has 2 fully saturated rings. The van der Waals surface area contributed by atoms with Crippen LogP contribution in [-0.2, 0) is 6.18 Å². The summed E-state index contributed by atoms with van der Waals surface area (Å²) in [6.45, 7) is 0.405. The first-order valence-corrected chi connectivity index (χ1v) is 10.5. The molecule has 34 heavy (non-hydrogen) atoms. The molecule has 178 valence electrons. The average Bonchev–Trinajstić information content (AvgIpc) is 3.51. The van der Waals surface area contributed by atoms with Crippen molar-refractivity contribution in [2.75, 3.05) is 19.0 Å². The number of amides is 2. The Morgan fingerprint density at radius 1 is 1.24 bits per heavy atom. The molecule has 1 aromatic carbocycles. The number of benzene rings is 1. The summed E-state index contributed by atoms with van der Waals surface area (Å²) in [6, 6.07) is 6.30. The minimum absolute atomic E-state index is 0.0337. The van der Waals surface area contributed by atoms with Crippen LogP contribution in [0.15, 0.2) is 36.5 Å². The van der Waals surface area contributed by atoms with Crippen molar-refractivity contribution in [3.63, 3.8) is 0 Å². The Balaban J connectivity index is 1.40. The highest BCUT2D eigenvalue weighted by Gasteiger charge is 2.46. The van der Waals surface area contributed by atoms with Crippen LogP contribution in [0.25, 0.3) is 10.9 Å². The Morgan fingerprint density at radius 3 is 2.68 bits per heavy atom. The molecule has 2 bridgehead atoms. The molecule has 1 saturated carbocycles. The normalized spacial score (nSPS) is 21.8. The summed E-state index contributed by atoms with van der Waals surface area (Å²) in [5.74, 6) is -0.397. The van der Waals surface area contributed by atoms with Gasteiger partial charge in [-0.05, 0) is 31.0 Å². The second-order valence-corrected chi connectivity index (χ2v) is 8.45. The van der Waals surface area contributed by atoms with Gasteiger partial charge in [0.25, 0.3) is 5.91 Å². The molecule has 3 aromatic rings. The first kappa shape index (κ1) is 22.0. The zero-order valence-electron chi connectivity index (χ0n) is 17.9. The number of nitrogens with one attached hydrogen (secondary N) is 1. The lowest BCUT2D eigenvalue weighted by Gasteiger charge is -2.33. The number of rotatable bonds is 4. The van der Waals surface area contributed by atoms with Gasteiger partial charge in [0, 0.05) is 36.2 Å². The van der Waals surface area contributed by atoms with E-state index in [1.807, 2.05) is 6.20 Å². The minimum Gasteiger partial charge on any atom is -0.530 e. The van der Waals surface area contributed by atoms with E-state index in [4.69, 9.17) is 4.74 Å². The summed E-state index contributed by atoms with van der Waals surface area (Å²) < 4.78 is 46.0. The van der Waals surface area contributed by atoms with Gasteiger partial charge in [-0.25, -0.2) is 4.98 Å². The van der Waals surface area contributed by atoms with Crippen LogP contribution in [0, 0.1) is 5.92 Å². The number of hydrogen-bond acceptors (Lipinski definition) is 6. The smallest absolute Gasteiger partial charge is 0.433 e. The van der Waals surface area contributed by atoms with Crippen LogP contribution < -0.4 is 15.2 Å². The van der Waals surface area contributed by atoms with E-state index in [2.05, 4.69) is 15.4 Å². The topological polar surface area (TPSA) is 112 Å². The summed E-state index contributed by atoms with van der Waals surface area (Å²) in [6.07, 6.45) is -2.63. The number of ether oxygens (including phenoxy) is 1. The molecule has 12 heteroatoms. The number of likely N-dealkylation sites (tertiary alicyclic amines) is 1. The number of methoxy groups -OCH3 is 1. The third kappa shape index (κ3) is 3.78. The van der Waals surface area contributed by atoms with Gasteiger partial charge < -0.3 is 24.9 Å². The highest BCUT2D eigenvalue weighted by atomic mass is 19.4. The predicted molar refractivity (Wildman–Crippen MR) is 111 cm³/mol. The van der Waals surface area contributed by atoms with Crippen LogP contribution in [0.1, 0.15) is 35.1 Å². The number of halogens is 3. The molecular formula is C22H19F3N5O4-. The van der Waals surface area contributed by atoms with E-state index in [0.717, 1.165) is 18.6 Å². The summed E-state index contributed by atoms with van der Waals surface area (Å²) >= 11 is 0. The lowest BCUT2D eigenvalue weighted by Crippen LogP contribution is -2.47. The van der Waals surface area contributed by atoms with Crippen molar-refractivity contribution in [1.29, 1.82) is 0 Å². The van der Waals surface area contributed by atoms with Crippen LogP contribution in [0.2, 0.25) is 0 Å². The Bertz CT molecular complexity index is 1290. The maximum atomic E-state index is 12.9. The van der Waals surface area contributed by atoms with E-state index in [0.29, 0.717) is 23.9 Å². The number of fused-ring (bicyclic) bond motifs is 3. The van der Waals surface area contributed by atoms with E-state index in [1.54, 1.807) is 16.8 Å². The number of aromatic nitrogens is 3. The van der Waals surface area contributed by atoms with Crippen molar-refractivity contribution < 1.29 is 32.6 Å². The van der Waals surface area contributed by atoms with Crippen molar-refractivity contribution in [2.24, 2.45) is 5.92 Å². The number of carbonyl (C=O) groups excluding carboxylic acids is 2. The maximum absolute atomic E-state index is 12.9. The molecule has 1 N–H and O–H groups in total. The van der Waals surface area contributed by atoms with Gasteiger partial charge in [0.1, 0.15) is 23.2 Å². The Morgan fingerprint density at radius 2 is 2.03 bits per heavy atom. The minimum atomic E-state index is -4.67. The fourth-order valence-corrected chi connectivity index (χ4v) is 4.89. The van der Waals surface area contributed by atoms with Crippen molar-refractivity contribution >= 4 is 28.6 Å². The van der Waals surface area contributed by atoms with Gasteiger partial charge in [-0.1, -0.05) is 6.07 Å². The molecule has 1 aliphatic heterocycles. The molecule has 0 radical (unpaired) electrons. The molecular weight excluding hydrogens is 455 g/mol. The molecule has 3 atom stereocenters. The van der Waals surface area contributed by atoms with Crippen LogP contribution in [0.5, 0.6) is 5.75 Å². The Kier molecular flexibility index (Phi) is 5.10. The summed E-state index contributed by atoms with van der Waals surface area (Å²) in [5.41, 5.74) is -0.680. The van der Waals surface area contributed by atoms with E-state index in [9.17, 15) is 27.9 Å². The summed E-state index contributed by atoms with van der Waals surface area (Å²) in [4.78, 5) is 28.6. The fourth-order valence-electron chi connectivity index (χ4n) is 4.89. The van der Waals surface area contributed by atoms with Gasteiger partial charge in [-0.3, -0.25) is 9.48 Å². The lowest BCUT2D eigenvalue weighted by atomic mass is 10.0. The average molecular weight is 474 g/mol. The molecule has 2 amide bonds. The number of nitrogens with zero attached hydrogens (tertiary/aromatic N) is 4. The quantitative estimate of drug-likeness (QED) is 0.622. The van der Waals surface area contributed by atoms with E-state index < -0.39 is 23.9 Å². The van der Waals surface area contributed by atoms with Gasteiger partial charge in [0.2, 0.25) is 0 Å². The Labute approximate surface area is 191 Å². The first-order valence-electron chi connectivity index (χ1n) is 10.5. The zero-order valence-corrected chi connectivity index (χ0v) is 17.9. The Hall–Kier alpha value is -3.83. The monoisotopic (exact) mass is 474 g/mol. The zero-order chi connectivity index (χ0) is 24.2. The van der Waals surface area contributed by atoms with Crippen molar-refractivity contribution in [3.8, 4) is 5.75 Å². The number of pyridine rings is 1. The number of alkyl halides is 3. The lowest BCUT2D eigenvalue weighted by molar-refractivity contribution is -0.267. The van der Waals surface area contributed by atoms with Crippen LogP contribution in [0.4, 0.5) is 23.7 Å². The molecule has 0 unspecified atom stereocenters. The van der Waals surface area contributed by atoms with Gasteiger partial charge >= 0.3 is 6.18 Å². The maximum Gasteiger partial charge on any atom is 0.433 e. The predicted octanol–water partition coefficient (Wildman–Crippen LogP) is 2.69. The molecule has 3 heterocycles.